The molecule has 4 saturated carbocycles. The molecule has 0 spiro atoms. The molecule has 1 heterocycles. The van der Waals surface area contributed by atoms with E-state index >= 15 is 0 Å². The Bertz CT molecular complexity index is 633. The van der Waals surface area contributed by atoms with Crippen LogP contribution in [0, 0.1) is 22.2 Å². The zero-order valence-corrected chi connectivity index (χ0v) is 16.1. The van der Waals surface area contributed by atoms with Crippen LogP contribution in [-0.4, -0.2) is 31.4 Å². The third-order valence-electron chi connectivity index (χ3n) is 7.06. The first-order chi connectivity index (χ1) is 11.7. The van der Waals surface area contributed by atoms with Gasteiger partial charge in [0.05, 0.1) is 17.7 Å². The predicted octanol–water partition coefficient (Wildman–Crippen LogP) is 4.00. The van der Waals surface area contributed by atoms with Crippen molar-refractivity contribution < 1.29 is 9.21 Å². The number of likely N-dealkylation sites (N-methyl/N-ethyl adjacent to an activating group) is 1. The SMILES string of the molecule is CN(C)C(CNC(=O)C12CC3CC(C)(CC(C)(C3)C1)C2)c1ccco1. The van der Waals surface area contributed by atoms with Crippen molar-refractivity contribution in [2.45, 2.75) is 58.4 Å². The van der Waals surface area contributed by atoms with Gasteiger partial charge in [-0.25, -0.2) is 0 Å². The van der Waals surface area contributed by atoms with Gasteiger partial charge in [0.1, 0.15) is 5.76 Å². The van der Waals surface area contributed by atoms with E-state index in [4.69, 9.17) is 4.42 Å². The van der Waals surface area contributed by atoms with E-state index in [9.17, 15) is 4.79 Å². The molecule has 1 aromatic rings. The summed E-state index contributed by atoms with van der Waals surface area (Å²) >= 11 is 0. The lowest BCUT2D eigenvalue weighted by Crippen LogP contribution is -2.60. The third-order valence-corrected chi connectivity index (χ3v) is 7.06. The topological polar surface area (TPSA) is 45.5 Å². The van der Waals surface area contributed by atoms with E-state index in [0.717, 1.165) is 30.9 Å². The molecule has 138 valence electrons. The van der Waals surface area contributed by atoms with E-state index in [1.807, 2.05) is 26.2 Å². The van der Waals surface area contributed by atoms with Crippen LogP contribution in [0.1, 0.15) is 64.2 Å². The van der Waals surface area contributed by atoms with Gasteiger partial charge < -0.3 is 9.73 Å². The van der Waals surface area contributed by atoms with Crippen LogP contribution in [-0.2, 0) is 4.79 Å². The zero-order chi connectivity index (χ0) is 17.9. The lowest BCUT2D eigenvalue weighted by atomic mass is 9.40. The minimum absolute atomic E-state index is 0.0824. The van der Waals surface area contributed by atoms with E-state index in [0.29, 0.717) is 17.4 Å². The number of amides is 1. The second-order valence-corrected chi connectivity index (χ2v) is 10.1. The van der Waals surface area contributed by atoms with Crippen molar-refractivity contribution in [2.24, 2.45) is 22.2 Å². The van der Waals surface area contributed by atoms with E-state index < -0.39 is 0 Å². The molecule has 0 radical (unpaired) electrons. The molecule has 4 aliphatic rings. The minimum atomic E-state index is -0.136. The smallest absolute Gasteiger partial charge is 0.226 e. The summed E-state index contributed by atoms with van der Waals surface area (Å²) in [7, 11) is 4.07. The number of hydrogen-bond acceptors (Lipinski definition) is 3. The Labute approximate surface area is 151 Å². The van der Waals surface area contributed by atoms with Gasteiger partial charge in [0.2, 0.25) is 5.91 Å². The summed E-state index contributed by atoms with van der Waals surface area (Å²) in [5.74, 6) is 1.94. The summed E-state index contributed by atoms with van der Waals surface area (Å²) in [5, 5.41) is 3.30. The highest BCUT2D eigenvalue weighted by atomic mass is 16.3. The van der Waals surface area contributed by atoms with E-state index in [1.54, 1.807) is 6.26 Å². The highest BCUT2D eigenvalue weighted by Gasteiger charge is 2.62. The van der Waals surface area contributed by atoms with Gasteiger partial charge in [-0.1, -0.05) is 13.8 Å². The van der Waals surface area contributed by atoms with Crippen molar-refractivity contribution in [1.82, 2.24) is 10.2 Å². The summed E-state index contributed by atoms with van der Waals surface area (Å²) in [6.45, 7) is 5.45. The fourth-order valence-corrected chi connectivity index (χ4v) is 7.10. The standard InChI is InChI=1S/C21H32N2O2/c1-19-8-15-9-20(2,12-19)14-21(10-15,13-19)18(24)22-11-16(23(3)4)17-6-5-7-25-17/h5-7,15-16H,8-14H2,1-4H3,(H,22,24). The first kappa shape index (κ1) is 17.1. The van der Waals surface area contributed by atoms with Crippen molar-refractivity contribution in [3.05, 3.63) is 24.2 Å². The van der Waals surface area contributed by atoms with Crippen LogP contribution in [0.25, 0.3) is 0 Å². The Balaban J connectivity index is 1.49. The highest BCUT2D eigenvalue weighted by Crippen LogP contribution is 2.69. The van der Waals surface area contributed by atoms with Crippen molar-refractivity contribution in [3.8, 4) is 0 Å². The van der Waals surface area contributed by atoms with Crippen molar-refractivity contribution in [3.63, 3.8) is 0 Å². The number of nitrogens with one attached hydrogen (secondary N) is 1. The van der Waals surface area contributed by atoms with Crippen LogP contribution in [0.15, 0.2) is 22.8 Å². The Kier molecular flexibility index (Phi) is 3.84. The molecule has 4 heteroatoms. The Hall–Kier alpha value is -1.29. The molecule has 3 atom stereocenters. The van der Waals surface area contributed by atoms with Crippen LogP contribution in [0.3, 0.4) is 0 Å². The molecule has 4 bridgehead atoms. The van der Waals surface area contributed by atoms with Crippen molar-refractivity contribution in [1.29, 1.82) is 0 Å². The maximum Gasteiger partial charge on any atom is 0.226 e. The van der Waals surface area contributed by atoms with Crippen LogP contribution in [0.4, 0.5) is 0 Å². The van der Waals surface area contributed by atoms with Gasteiger partial charge in [-0.05, 0) is 81.5 Å². The molecular formula is C21H32N2O2. The Morgan fingerprint density at radius 2 is 1.92 bits per heavy atom. The number of nitrogens with zero attached hydrogens (tertiary/aromatic N) is 1. The molecule has 1 N–H and O–H groups in total. The normalized spacial score (nSPS) is 40.4. The van der Waals surface area contributed by atoms with Crippen LogP contribution >= 0.6 is 0 Å². The second-order valence-electron chi connectivity index (χ2n) is 10.1. The van der Waals surface area contributed by atoms with Crippen LogP contribution < -0.4 is 5.32 Å². The largest absolute Gasteiger partial charge is 0.468 e. The lowest BCUT2D eigenvalue weighted by molar-refractivity contribution is -0.170. The molecule has 3 unspecified atom stereocenters. The molecule has 4 fully saturated rings. The summed E-state index contributed by atoms with van der Waals surface area (Å²) in [5.41, 5.74) is 0.601. The number of hydrogen-bond donors (Lipinski definition) is 1. The van der Waals surface area contributed by atoms with Crippen molar-refractivity contribution >= 4 is 5.91 Å². The molecule has 4 aliphatic carbocycles. The van der Waals surface area contributed by atoms with Gasteiger partial charge in [-0.2, -0.15) is 0 Å². The van der Waals surface area contributed by atoms with Gasteiger partial charge in [0.25, 0.3) is 0 Å². The maximum absolute atomic E-state index is 13.3. The van der Waals surface area contributed by atoms with Crippen LogP contribution in [0.2, 0.25) is 0 Å². The first-order valence-electron chi connectivity index (χ1n) is 9.71. The summed E-state index contributed by atoms with van der Waals surface area (Å²) in [4.78, 5) is 15.4. The fourth-order valence-electron chi connectivity index (χ4n) is 7.10. The lowest BCUT2D eigenvalue weighted by Gasteiger charge is -2.64. The first-order valence-corrected chi connectivity index (χ1v) is 9.71. The average Bonchev–Trinajstić information content (AvgIpc) is 2.97. The third kappa shape index (κ3) is 2.92. The van der Waals surface area contributed by atoms with E-state index in [-0.39, 0.29) is 17.4 Å². The van der Waals surface area contributed by atoms with Gasteiger partial charge in [0, 0.05) is 6.54 Å². The maximum atomic E-state index is 13.3. The van der Waals surface area contributed by atoms with Gasteiger partial charge >= 0.3 is 0 Å². The average molecular weight is 344 g/mol. The minimum Gasteiger partial charge on any atom is -0.468 e. The number of rotatable bonds is 5. The fraction of sp³-hybridized carbons (Fsp3) is 0.762. The molecule has 5 rings (SSSR count). The van der Waals surface area contributed by atoms with Gasteiger partial charge in [-0.3, -0.25) is 9.69 Å². The molecule has 1 aromatic heterocycles. The zero-order valence-electron chi connectivity index (χ0n) is 16.1. The number of carbonyl (C=O) groups excluding carboxylic acids is 1. The van der Waals surface area contributed by atoms with Crippen molar-refractivity contribution in [2.75, 3.05) is 20.6 Å². The summed E-state index contributed by atoms with van der Waals surface area (Å²) < 4.78 is 5.58. The van der Waals surface area contributed by atoms with E-state index in [1.165, 1.54) is 19.3 Å². The number of furan rings is 1. The number of carbonyl (C=O) groups is 1. The second kappa shape index (κ2) is 5.60. The molecule has 0 aromatic carbocycles. The summed E-state index contributed by atoms with van der Waals surface area (Å²) in [6.07, 6.45) is 8.90. The molecule has 25 heavy (non-hydrogen) atoms. The molecular weight excluding hydrogens is 312 g/mol. The molecule has 0 saturated heterocycles. The quantitative estimate of drug-likeness (QED) is 0.878. The monoisotopic (exact) mass is 344 g/mol. The highest BCUT2D eigenvalue weighted by molar-refractivity contribution is 5.83. The van der Waals surface area contributed by atoms with Crippen LogP contribution in [0.5, 0.6) is 0 Å². The van der Waals surface area contributed by atoms with Gasteiger partial charge in [0.15, 0.2) is 0 Å². The molecule has 4 nitrogen and oxygen atoms in total. The van der Waals surface area contributed by atoms with E-state index in [2.05, 4.69) is 24.1 Å². The molecule has 1 amide bonds. The molecule has 0 aliphatic heterocycles. The Morgan fingerprint density at radius 1 is 1.24 bits per heavy atom. The Morgan fingerprint density at radius 3 is 2.44 bits per heavy atom. The summed E-state index contributed by atoms with van der Waals surface area (Å²) in [6, 6.07) is 3.98. The predicted molar refractivity (Wildman–Crippen MR) is 98.0 cm³/mol. The van der Waals surface area contributed by atoms with Gasteiger partial charge in [-0.15, -0.1) is 0 Å².